The molecular weight excluding hydrogens is 412 g/mol. The summed E-state index contributed by atoms with van der Waals surface area (Å²) in [5, 5.41) is 21.1. The van der Waals surface area contributed by atoms with Gasteiger partial charge >= 0.3 is 0 Å². The molecule has 168 valence electrons. The molecule has 0 unspecified atom stereocenters. The van der Waals surface area contributed by atoms with E-state index >= 15 is 0 Å². The Kier molecular flexibility index (Phi) is 6.43. The molecule has 2 aromatic carbocycles. The van der Waals surface area contributed by atoms with Crippen LogP contribution in [-0.2, 0) is 14.3 Å². The van der Waals surface area contributed by atoms with Gasteiger partial charge in [-0.15, -0.1) is 0 Å². The fraction of sp³-hybridized carbons (Fsp3) is 0.333. The molecule has 32 heavy (non-hydrogen) atoms. The minimum absolute atomic E-state index is 0.00717. The molecule has 2 fully saturated rings. The fourth-order valence-corrected chi connectivity index (χ4v) is 4.13. The number of rotatable bonds is 6. The molecule has 0 aliphatic carbocycles. The molecule has 0 bridgehead atoms. The van der Waals surface area contributed by atoms with Crippen molar-refractivity contribution in [1.29, 1.82) is 0 Å². The Bertz CT molecular complexity index is 1030. The molecular formula is C24H26N2O6. The minimum atomic E-state index is -0.801. The van der Waals surface area contributed by atoms with Crippen molar-refractivity contribution in [2.24, 2.45) is 0 Å². The van der Waals surface area contributed by atoms with Crippen LogP contribution in [0.15, 0.2) is 54.1 Å². The van der Waals surface area contributed by atoms with E-state index in [2.05, 4.69) is 4.90 Å². The number of benzene rings is 2. The number of phenols is 1. The van der Waals surface area contributed by atoms with Crippen LogP contribution in [0, 0.1) is 0 Å². The van der Waals surface area contributed by atoms with E-state index < -0.39 is 17.7 Å². The standard InChI is InChI=1S/C24H26N2O6/c1-31-19-7-5-16(6-8-19)22(28)20-21(17-3-2-4-18(27)15-17)26(24(30)23(20)29)10-9-25-11-13-32-14-12-25/h2-8,15,21,27-28H,9-14H2,1H3/t21-/m0/s1. The predicted octanol–water partition coefficient (Wildman–Crippen LogP) is 2.15. The number of Topliss-reactive ketones (excluding diaryl/α,β-unsaturated/α-hetero) is 1. The third-order valence-electron chi connectivity index (χ3n) is 5.85. The van der Waals surface area contributed by atoms with Crippen molar-refractivity contribution in [3.05, 3.63) is 65.2 Å². The van der Waals surface area contributed by atoms with Crippen LogP contribution in [0.3, 0.4) is 0 Å². The third kappa shape index (κ3) is 4.32. The second-order valence-corrected chi connectivity index (χ2v) is 7.77. The molecule has 2 N–H and O–H groups in total. The van der Waals surface area contributed by atoms with Crippen molar-refractivity contribution in [3.63, 3.8) is 0 Å². The lowest BCUT2D eigenvalue weighted by atomic mass is 9.95. The van der Waals surface area contributed by atoms with Crippen LogP contribution in [-0.4, -0.2) is 78.2 Å². The molecule has 0 saturated carbocycles. The normalized spacial score (nSPS) is 21.2. The number of aromatic hydroxyl groups is 1. The van der Waals surface area contributed by atoms with Crippen LogP contribution in [0.25, 0.3) is 5.76 Å². The molecule has 2 heterocycles. The lowest BCUT2D eigenvalue weighted by Gasteiger charge is -2.31. The molecule has 2 aliphatic rings. The zero-order valence-corrected chi connectivity index (χ0v) is 17.9. The van der Waals surface area contributed by atoms with Gasteiger partial charge in [0.15, 0.2) is 0 Å². The van der Waals surface area contributed by atoms with Gasteiger partial charge in [0.2, 0.25) is 0 Å². The number of hydrogen-bond acceptors (Lipinski definition) is 7. The summed E-state index contributed by atoms with van der Waals surface area (Å²) in [5.74, 6) is -1.04. The monoisotopic (exact) mass is 438 g/mol. The maximum Gasteiger partial charge on any atom is 0.295 e. The first-order chi connectivity index (χ1) is 15.5. The Morgan fingerprint density at radius 2 is 1.81 bits per heavy atom. The van der Waals surface area contributed by atoms with E-state index in [0.717, 1.165) is 13.1 Å². The Morgan fingerprint density at radius 1 is 1.09 bits per heavy atom. The van der Waals surface area contributed by atoms with Gasteiger partial charge in [-0.3, -0.25) is 14.5 Å². The van der Waals surface area contributed by atoms with E-state index in [-0.39, 0.29) is 17.1 Å². The first-order valence-electron chi connectivity index (χ1n) is 10.5. The molecule has 0 radical (unpaired) electrons. The highest BCUT2D eigenvalue weighted by Gasteiger charge is 2.46. The average Bonchev–Trinajstić information content (AvgIpc) is 3.08. The van der Waals surface area contributed by atoms with E-state index in [1.54, 1.807) is 36.4 Å². The molecule has 2 saturated heterocycles. The van der Waals surface area contributed by atoms with Crippen LogP contribution in [0.4, 0.5) is 0 Å². The predicted molar refractivity (Wildman–Crippen MR) is 117 cm³/mol. The third-order valence-corrected chi connectivity index (χ3v) is 5.85. The van der Waals surface area contributed by atoms with Crippen molar-refractivity contribution in [2.45, 2.75) is 6.04 Å². The molecule has 0 spiro atoms. The topological polar surface area (TPSA) is 99.5 Å². The van der Waals surface area contributed by atoms with Gasteiger partial charge in [0.05, 0.1) is 31.9 Å². The van der Waals surface area contributed by atoms with Gasteiger partial charge in [-0.25, -0.2) is 0 Å². The maximum atomic E-state index is 13.0. The SMILES string of the molecule is COc1ccc(C(O)=C2C(=O)C(=O)N(CCN3CCOCC3)[C@H]2c2cccc(O)c2)cc1. The fourth-order valence-electron chi connectivity index (χ4n) is 4.13. The molecule has 0 aromatic heterocycles. The number of aliphatic hydroxyl groups excluding tert-OH is 1. The van der Waals surface area contributed by atoms with Crippen molar-refractivity contribution < 1.29 is 29.3 Å². The van der Waals surface area contributed by atoms with Gasteiger partial charge in [0.25, 0.3) is 11.7 Å². The van der Waals surface area contributed by atoms with Crippen LogP contribution >= 0.6 is 0 Å². The molecule has 1 amide bonds. The van der Waals surface area contributed by atoms with E-state index in [9.17, 15) is 19.8 Å². The number of nitrogens with zero attached hydrogens (tertiary/aromatic N) is 2. The number of aliphatic hydroxyl groups is 1. The van der Waals surface area contributed by atoms with Crippen LogP contribution in [0.5, 0.6) is 11.5 Å². The largest absolute Gasteiger partial charge is 0.508 e. The summed E-state index contributed by atoms with van der Waals surface area (Å²) < 4.78 is 10.5. The van der Waals surface area contributed by atoms with Crippen molar-refractivity contribution in [3.8, 4) is 11.5 Å². The average molecular weight is 438 g/mol. The molecule has 4 rings (SSSR count). The smallest absolute Gasteiger partial charge is 0.295 e. The molecule has 8 heteroatoms. The number of hydrogen-bond donors (Lipinski definition) is 2. The number of carbonyl (C=O) groups excluding carboxylic acids is 2. The summed E-state index contributed by atoms with van der Waals surface area (Å²) in [6.45, 7) is 3.66. The summed E-state index contributed by atoms with van der Waals surface area (Å²) in [4.78, 5) is 29.7. The van der Waals surface area contributed by atoms with E-state index in [4.69, 9.17) is 9.47 Å². The number of morpholine rings is 1. The summed E-state index contributed by atoms with van der Waals surface area (Å²) >= 11 is 0. The maximum absolute atomic E-state index is 13.0. The highest BCUT2D eigenvalue weighted by atomic mass is 16.5. The quantitative estimate of drug-likeness (QED) is 0.405. The van der Waals surface area contributed by atoms with Gasteiger partial charge < -0.3 is 24.6 Å². The number of amides is 1. The summed E-state index contributed by atoms with van der Waals surface area (Å²) in [6, 6.07) is 12.2. The van der Waals surface area contributed by atoms with Crippen LogP contribution in [0.1, 0.15) is 17.2 Å². The van der Waals surface area contributed by atoms with E-state index in [0.29, 0.717) is 43.2 Å². The van der Waals surface area contributed by atoms with Crippen molar-refractivity contribution in [1.82, 2.24) is 9.80 Å². The Hall–Kier alpha value is -3.36. The lowest BCUT2D eigenvalue weighted by Crippen LogP contribution is -2.42. The highest BCUT2D eigenvalue weighted by molar-refractivity contribution is 6.46. The van der Waals surface area contributed by atoms with Gasteiger partial charge in [0, 0.05) is 31.7 Å². The second kappa shape index (κ2) is 9.42. The van der Waals surface area contributed by atoms with E-state index in [1.165, 1.54) is 24.1 Å². The lowest BCUT2D eigenvalue weighted by molar-refractivity contribution is -0.140. The van der Waals surface area contributed by atoms with E-state index in [1.807, 2.05) is 0 Å². The van der Waals surface area contributed by atoms with Gasteiger partial charge in [-0.05, 0) is 42.0 Å². The van der Waals surface area contributed by atoms with Gasteiger partial charge in [0.1, 0.15) is 17.3 Å². The number of likely N-dealkylation sites (tertiary alicyclic amines) is 1. The van der Waals surface area contributed by atoms with Gasteiger partial charge in [-0.1, -0.05) is 12.1 Å². The molecule has 8 nitrogen and oxygen atoms in total. The summed E-state index contributed by atoms with van der Waals surface area (Å²) in [7, 11) is 1.54. The summed E-state index contributed by atoms with van der Waals surface area (Å²) in [6.07, 6.45) is 0. The van der Waals surface area contributed by atoms with Crippen molar-refractivity contribution in [2.75, 3.05) is 46.5 Å². The summed E-state index contributed by atoms with van der Waals surface area (Å²) in [5.41, 5.74) is 0.969. The second-order valence-electron chi connectivity index (χ2n) is 7.77. The molecule has 2 aromatic rings. The number of phenolic OH excluding ortho intramolecular Hbond substituents is 1. The zero-order valence-electron chi connectivity index (χ0n) is 17.9. The first kappa shape index (κ1) is 21.9. The Balaban J connectivity index is 1.73. The number of ketones is 1. The highest BCUT2D eigenvalue weighted by Crippen LogP contribution is 2.40. The first-order valence-corrected chi connectivity index (χ1v) is 10.5. The van der Waals surface area contributed by atoms with Gasteiger partial charge in [-0.2, -0.15) is 0 Å². The molecule has 2 aliphatic heterocycles. The minimum Gasteiger partial charge on any atom is -0.508 e. The number of ether oxygens (including phenoxy) is 2. The number of carbonyl (C=O) groups is 2. The van der Waals surface area contributed by atoms with Crippen molar-refractivity contribution >= 4 is 17.4 Å². The number of methoxy groups -OCH3 is 1. The molecule has 1 atom stereocenters. The Morgan fingerprint density at radius 3 is 2.47 bits per heavy atom. The van der Waals surface area contributed by atoms with Crippen LogP contribution in [0.2, 0.25) is 0 Å². The van der Waals surface area contributed by atoms with Crippen LogP contribution < -0.4 is 4.74 Å². The Labute approximate surface area is 186 Å². The zero-order chi connectivity index (χ0) is 22.7.